The van der Waals surface area contributed by atoms with Crippen LogP contribution in [0.1, 0.15) is 40.1 Å². The summed E-state index contributed by atoms with van der Waals surface area (Å²) in [7, 11) is 0. The highest BCUT2D eigenvalue weighted by molar-refractivity contribution is 14.1. The van der Waals surface area contributed by atoms with E-state index in [1.54, 1.807) is 12.4 Å². The van der Waals surface area contributed by atoms with Crippen molar-refractivity contribution in [2.24, 2.45) is 0 Å². The molecule has 0 radical (unpaired) electrons. The van der Waals surface area contributed by atoms with Crippen molar-refractivity contribution < 1.29 is 14.3 Å². The highest BCUT2D eigenvalue weighted by Crippen LogP contribution is 2.45. The van der Waals surface area contributed by atoms with E-state index in [-0.39, 0.29) is 5.91 Å². The number of hydrogen-bond acceptors (Lipinski definition) is 8. The van der Waals surface area contributed by atoms with Crippen LogP contribution in [0.5, 0.6) is 11.5 Å². The number of urea groups is 1. The van der Waals surface area contributed by atoms with Crippen LogP contribution >= 0.6 is 33.9 Å². The Hall–Kier alpha value is -4.14. The number of carbonyl (C=O) groups is 2. The first-order valence-corrected chi connectivity index (χ1v) is 16.7. The van der Waals surface area contributed by atoms with E-state index in [0.29, 0.717) is 53.9 Å². The molecule has 12 heteroatoms. The van der Waals surface area contributed by atoms with Crippen molar-refractivity contribution in [1.29, 1.82) is 0 Å². The molecule has 2 aromatic carbocycles. The van der Waals surface area contributed by atoms with E-state index in [4.69, 9.17) is 4.74 Å². The number of pyridine rings is 1. The van der Waals surface area contributed by atoms with E-state index in [1.165, 1.54) is 47.4 Å². The van der Waals surface area contributed by atoms with E-state index >= 15 is 0 Å². The Kier molecular flexibility index (Phi) is 8.11. The number of nitrogens with zero attached hydrogens (tertiary/aromatic N) is 5. The minimum atomic E-state index is -0.410. The molecule has 5 aromatic rings. The van der Waals surface area contributed by atoms with Crippen LogP contribution in [0.4, 0.5) is 27.7 Å². The predicted octanol–water partition coefficient (Wildman–Crippen LogP) is 7.74. The van der Waals surface area contributed by atoms with Gasteiger partial charge in [-0.05, 0) is 74.0 Å². The number of hydrogen-bond donors (Lipinski definition) is 2. The molecule has 1 fully saturated rings. The number of carbonyl (C=O) groups excluding carboxylic acids is 2. The summed E-state index contributed by atoms with van der Waals surface area (Å²) < 4.78 is 6.70. The second-order valence-electron chi connectivity index (χ2n) is 10.7. The minimum Gasteiger partial charge on any atom is -0.455 e. The van der Waals surface area contributed by atoms with E-state index in [1.807, 2.05) is 42.5 Å². The van der Waals surface area contributed by atoms with Gasteiger partial charge in [-0.3, -0.25) is 14.7 Å². The van der Waals surface area contributed by atoms with Gasteiger partial charge in [-0.2, -0.15) is 0 Å². The van der Waals surface area contributed by atoms with Gasteiger partial charge in [0.1, 0.15) is 27.5 Å². The Bertz CT molecular complexity index is 1840. The number of benzene rings is 2. The van der Waals surface area contributed by atoms with Gasteiger partial charge < -0.3 is 15.4 Å². The molecule has 2 aliphatic rings. The van der Waals surface area contributed by atoms with Gasteiger partial charge in [0.2, 0.25) is 0 Å². The van der Waals surface area contributed by atoms with Crippen LogP contribution in [-0.2, 0) is 11.0 Å². The molecule has 10 nitrogen and oxygen atoms in total. The Morgan fingerprint density at radius 1 is 1.07 bits per heavy atom. The molecule has 5 heterocycles. The molecule has 3 aromatic heterocycles. The number of piperidine rings is 1. The van der Waals surface area contributed by atoms with Crippen LogP contribution in [0, 0.1) is 0 Å². The number of thiophene rings is 1. The summed E-state index contributed by atoms with van der Waals surface area (Å²) in [6.45, 7) is 3.18. The van der Waals surface area contributed by atoms with Gasteiger partial charge in [-0.1, -0.05) is 41.1 Å². The van der Waals surface area contributed by atoms with Gasteiger partial charge in [0.25, 0.3) is 5.91 Å². The first-order valence-electron chi connectivity index (χ1n) is 14.4. The summed E-state index contributed by atoms with van der Waals surface area (Å²) in [6, 6.07) is 16.8. The topological polar surface area (TPSA) is 113 Å². The molecule has 0 spiro atoms. The fourth-order valence-corrected chi connectivity index (χ4v) is 7.15. The normalized spacial score (nSPS) is 14.8. The Morgan fingerprint density at radius 3 is 2.68 bits per heavy atom. The Labute approximate surface area is 271 Å². The molecule has 3 amide bonds. The molecule has 7 rings (SSSR count). The smallest absolute Gasteiger partial charge is 0.332 e. The number of nitrogens with one attached hydrogen (secondary N) is 2. The number of halogens is 1. The van der Waals surface area contributed by atoms with Crippen LogP contribution in [0.15, 0.2) is 73.3 Å². The monoisotopic (exact) mass is 717 g/mol. The standard InChI is InChI=1S/C32H28IN7O3S/c33-16-21-15-23(10-11-25(21)43-24-5-4-12-34-17-24)40-29-26-27(38-32(40)42)28(44-31(26)36-19-35-29)30(41)37-22-8-6-20(7-9-22)18-39-13-2-1-3-14-39/h4-12,15,17,19H,1-3,13-14,16,18H2,(H,37,41)(H,38,42). The minimum absolute atomic E-state index is 0.310. The van der Waals surface area contributed by atoms with Gasteiger partial charge in [0.15, 0.2) is 5.82 Å². The summed E-state index contributed by atoms with van der Waals surface area (Å²) in [5, 5.41) is 6.57. The maximum absolute atomic E-state index is 13.6. The van der Waals surface area contributed by atoms with Gasteiger partial charge in [-0.25, -0.2) is 19.7 Å². The average molecular weight is 718 g/mol. The van der Waals surface area contributed by atoms with Crippen LogP contribution in [0.3, 0.4) is 0 Å². The highest BCUT2D eigenvalue weighted by atomic mass is 127. The third-order valence-corrected chi connectivity index (χ3v) is 9.61. The quantitative estimate of drug-likeness (QED) is 0.125. The second-order valence-corrected chi connectivity index (χ2v) is 12.4. The van der Waals surface area contributed by atoms with Gasteiger partial charge in [0.05, 0.1) is 23.0 Å². The van der Waals surface area contributed by atoms with Crippen LogP contribution < -0.4 is 20.3 Å². The summed E-state index contributed by atoms with van der Waals surface area (Å²) >= 11 is 3.50. The largest absolute Gasteiger partial charge is 0.455 e. The number of anilines is 4. The molecule has 222 valence electrons. The number of ether oxygens (including phenoxy) is 1. The SMILES string of the molecule is O=C(Nc1ccc(CN2CCCCC2)cc1)c1sc2ncnc3c2c1NC(=O)N3c1ccc(Oc2cccnc2)c(CI)c1. The van der Waals surface area contributed by atoms with E-state index in [2.05, 4.69) is 65.2 Å². The lowest BCUT2D eigenvalue weighted by Crippen LogP contribution is -2.35. The lowest BCUT2D eigenvalue weighted by Gasteiger charge is -2.27. The number of aromatic nitrogens is 3. The molecule has 1 saturated heterocycles. The summed E-state index contributed by atoms with van der Waals surface area (Å²) in [5.41, 5.74) is 3.86. The zero-order valence-electron chi connectivity index (χ0n) is 23.6. The number of likely N-dealkylation sites (tertiary alicyclic amines) is 1. The van der Waals surface area contributed by atoms with Gasteiger partial charge in [0, 0.05) is 28.4 Å². The molecule has 0 unspecified atom stereocenters. The molecule has 44 heavy (non-hydrogen) atoms. The zero-order valence-corrected chi connectivity index (χ0v) is 26.6. The van der Waals surface area contributed by atoms with Crippen molar-refractivity contribution in [2.45, 2.75) is 30.2 Å². The Balaban J connectivity index is 1.14. The molecule has 2 aliphatic heterocycles. The van der Waals surface area contributed by atoms with E-state index in [0.717, 1.165) is 25.2 Å². The van der Waals surface area contributed by atoms with Crippen molar-refractivity contribution in [3.05, 3.63) is 89.3 Å². The predicted molar refractivity (Wildman–Crippen MR) is 181 cm³/mol. The van der Waals surface area contributed by atoms with E-state index in [9.17, 15) is 9.59 Å². The molecule has 0 atom stereocenters. The lowest BCUT2D eigenvalue weighted by molar-refractivity contribution is 0.103. The van der Waals surface area contributed by atoms with Crippen molar-refractivity contribution in [1.82, 2.24) is 19.9 Å². The summed E-state index contributed by atoms with van der Waals surface area (Å²) in [4.78, 5) is 45.1. The molecule has 0 saturated carbocycles. The van der Waals surface area contributed by atoms with Crippen molar-refractivity contribution in [3.8, 4) is 11.5 Å². The molecule has 0 aliphatic carbocycles. The van der Waals surface area contributed by atoms with Crippen LogP contribution in [-0.4, -0.2) is 44.9 Å². The molecular formula is C32H28IN7O3S. The lowest BCUT2D eigenvalue weighted by atomic mass is 10.1. The van der Waals surface area contributed by atoms with Crippen molar-refractivity contribution in [3.63, 3.8) is 0 Å². The maximum Gasteiger partial charge on any atom is 0.332 e. The molecular weight excluding hydrogens is 689 g/mol. The van der Waals surface area contributed by atoms with E-state index < -0.39 is 6.03 Å². The van der Waals surface area contributed by atoms with Crippen LogP contribution in [0.2, 0.25) is 0 Å². The third kappa shape index (κ3) is 5.72. The second kappa shape index (κ2) is 12.5. The zero-order chi connectivity index (χ0) is 30.0. The first-order chi connectivity index (χ1) is 21.6. The third-order valence-electron chi connectivity index (χ3n) is 7.70. The molecule has 0 bridgehead atoms. The van der Waals surface area contributed by atoms with Crippen molar-refractivity contribution in [2.75, 3.05) is 28.6 Å². The first kappa shape index (κ1) is 28.6. The van der Waals surface area contributed by atoms with Crippen LogP contribution in [0.25, 0.3) is 10.2 Å². The highest BCUT2D eigenvalue weighted by Gasteiger charge is 2.34. The van der Waals surface area contributed by atoms with Crippen molar-refractivity contribution >= 4 is 79.0 Å². The number of amides is 3. The summed E-state index contributed by atoms with van der Waals surface area (Å²) in [6.07, 6.45) is 8.57. The number of rotatable bonds is 8. The van der Waals surface area contributed by atoms with Gasteiger partial charge in [-0.15, -0.1) is 11.3 Å². The number of alkyl halides is 1. The Morgan fingerprint density at radius 2 is 1.91 bits per heavy atom. The average Bonchev–Trinajstić information content (AvgIpc) is 3.43. The summed E-state index contributed by atoms with van der Waals surface area (Å²) in [5.74, 6) is 1.42. The molecule has 2 N–H and O–H groups in total. The fraction of sp³-hybridized carbons (Fsp3) is 0.219. The maximum atomic E-state index is 13.6. The van der Waals surface area contributed by atoms with Gasteiger partial charge >= 0.3 is 6.03 Å². The fourth-order valence-electron chi connectivity index (χ4n) is 5.57.